The number of carbonyl (C=O) groups is 3. The fourth-order valence-electron chi connectivity index (χ4n) is 2.58. The Balaban J connectivity index is 1.98. The minimum absolute atomic E-state index is 0.0593. The first-order chi connectivity index (χ1) is 10.0. The largest absolute Gasteiger partial charge is 0.464 e. The highest BCUT2D eigenvalue weighted by atomic mass is 16.5. The predicted octanol–water partition coefficient (Wildman–Crippen LogP) is -0.0148. The number of benzene rings is 1. The Morgan fingerprint density at radius 2 is 2.10 bits per heavy atom. The summed E-state index contributed by atoms with van der Waals surface area (Å²) in [5.41, 5.74) is 3.92. The first-order valence-electron chi connectivity index (χ1n) is 6.40. The van der Waals surface area contributed by atoms with E-state index in [1.807, 2.05) is 13.0 Å². The number of fused-ring (bicyclic) bond motifs is 1. The summed E-state index contributed by atoms with van der Waals surface area (Å²) in [6.07, 6.45) is 0. The van der Waals surface area contributed by atoms with Crippen LogP contribution in [-0.2, 0) is 19.1 Å². The second-order valence-electron chi connectivity index (χ2n) is 4.92. The molecule has 0 aliphatic carbocycles. The third-order valence-corrected chi connectivity index (χ3v) is 3.58. The van der Waals surface area contributed by atoms with Crippen molar-refractivity contribution in [2.24, 2.45) is 11.0 Å². The molecule has 0 unspecified atom stereocenters. The number of nitrogens with zero attached hydrogens (tertiary/aromatic N) is 2. The van der Waals surface area contributed by atoms with E-state index in [1.165, 1.54) is 7.11 Å². The number of anilines is 1. The molecule has 0 aromatic heterocycles. The molecule has 7 heteroatoms. The lowest BCUT2D eigenvalue weighted by molar-refractivity contribution is -0.133. The van der Waals surface area contributed by atoms with Crippen LogP contribution in [0.15, 0.2) is 29.4 Å². The molecular weight excluding hydrogens is 274 g/mol. The number of imide groups is 1. The van der Waals surface area contributed by atoms with Gasteiger partial charge in [-0.2, -0.15) is 5.10 Å². The van der Waals surface area contributed by atoms with Gasteiger partial charge in [0.25, 0.3) is 5.91 Å². The van der Waals surface area contributed by atoms with E-state index in [0.29, 0.717) is 5.69 Å². The molecular formula is C14H13N3O4. The van der Waals surface area contributed by atoms with Crippen molar-refractivity contribution in [2.75, 3.05) is 12.0 Å². The van der Waals surface area contributed by atoms with Crippen molar-refractivity contribution in [3.8, 4) is 0 Å². The summed E-state index contributed by atoms with van der Waals surface area (Å²) in [6.45, 7) is 1.87. The zero-order valence-corrected chi connectivity index (χ0v) is 11.5. The molecule has 0 radical (unpaired) electrons. The molecule has 1 fully saturated rings. The molecule has 2 atom stereocenters. The zero-order chi connectivity index (χ0) is 15.1. The lowest BCUT2D eigenvalue weighted by atomic mass is 9.99. The SMILES string of the molecule is COC(=O)C1=NN[C@H]2C(=O)N(c3cccc(C)c3)C(=O)[C@H]12. The normalized spacial score (nSPS) is 23.7. The van der Waals surface area contributed by atoms with E-state index in [4.69, 9.17) is 0 Å². The molecule has 1 aromatic carbocycles. The van der Waals surface area contributed by atoms with Crippen LogP contribution in [0, 0.1) is 12.8 Å². The Kier molecular flexibility index (Phi) is 2.97. The Morgan fingerprint density at radius 1 is 1.33 bits per heavy atom. The first-order valence-corrected chi connectivity index (χ1v) is 6.40. The van der Waals surface area contributed by atoms with Crippen LogP contribution in [0.3, 0.4) is 0 Å². The number of amides is 2. The molecule has 0 spiro atoms. The molecule has 1 saturated heterocycles. The van der Waals surface area contributed by atoms with Crippen molar-refractivity contribution in [1.82, 2.24) is 5.43 Å². The van der Waals surface area contributed by atoms with Gasteiger partial charge in [0.15, 0.2) is 5.71 Å². The highest BCUT2D eigenvalue weighted by Gasteiger charge is 2.55. The van der Waals surface area contributed by atoms with Crippen LogP contribution in [-0.4, -0.2) is 36.6 Å². The Bertz CT molecular complexity index is 683. The molecule has 2 heterocycles. The fourth-order valence-corrected chi connectivity index (χ4v) is 2.58. The van der Waals surface area contributed by atoms with Crippen LogP contribution >= 0.6 is 0 Å². The Morgan fingerprint density at radius 3 is 2.76 bits per heavy atom. The number of carbonyl (C=O) groups excluding carboxylic acids is 3. The van der Waals surface area contributed by atoms with Gasteiger partial charge in [-0.05, 0) is 24.6 Å². The molecule has 1 aromatic rings. The third-order valence-electron chi connectivity index (χ3n) is 3.58. The number of rotatable bonds is 2. The molecule has 108 valence electrons. The second-order valence-corrected chi connectivity index (χ2v) is 4.92. The molecule has 3 rings (SSSR count). The van der Waals surface area contributed by atoms with Gasteiger partial charge in [0, 0.05) is 0 Å². The monoisotopic (exact) mass is 287 g/mol. The molecule has 0 saturated carbocycles. The van der Waals surface area contributed by atoms with Gasteiger partial charge in [-0.3, -0.25) is 15.0 Å². The van der Waals surface area contributed by atoms with E-state index >= 15 is 0 Å². The zero-order valence-electron chi connectivity index (χ0n) is 11.5. The van der Waals surface area contributed by atoms with E-state index in [-0.39, 0.29) is 5.71 Å². The van der Waals surface area contributed by atoms with Crippen LogP contribution < -0.4 is 10.3 Å². The van der Waals surface area contributed by atoms with Gasteiger partial charge in [-0.15, -0.1) is 0 Å². The van der Waals surface area contributed by atoms with E-state index in [2.05, 4.69) is 15.3 Å². The number of nitrogens with one attached hydrogen (secondary N) is 1. The van der Waals surface area contributed by atoms with Crippen LogP contribution in [0.1, 0.15) is 5.56 Å². The van der Waals surface area contributed by atoms with Crippen molar-refractivity contribution in [2.45, 2.75) is 13.0 Å². The first kappa shape index (κ1) is 13.3. The predicted molar refractivity (Wildman–Crippen MR) is 73.5 cm³/mol. The van der Waals surface area contributed by atoms with Gasteiger partial charge < -0.3 is 4.74 Å². The average molecular weight is 287 g/mol. The lowest BCUT2D eigenvalue weighted by Crippen LogP contribution is -2.36. The van der Waals surface area contributed by atoms with Gasteiger partial charge in [0.2, 0.25) is 5.91 Å². The second kappa shape index (κ2) is 4.69. The van der Waals surface area contributed by atoms with Crippen molar-refractivity contribution in [1.29, 1.82) is 0 Å². The lowest BCUT2D eigenvalue weighted by Gasteiger charge is -2.16. The van der Waals surface area contributed by atoms with Gasteiger partial charge >= 0.3 is 5.97 Å². The highest BCUT2D eigenvalue weighted by molar-refractivity contribution is 6.46. The maximum Gasteiger partial charge on any atom is 0.355 e. The Labute approximate surface area is 120 Å². The van der Waals surface area contributed by atoms with Gasteiger partial charge in [0.05, 0.1) is 12.8 Å². The van der Waals surface area contributed by atoms with Crippen LogP contribution in [0.4, 0.5) is 5.69 Å². The van der Waals surface area contributed by atoms with Crippen molar-refractivity contribution in [3.05, 3.63) is 29.8 Å². The summed E-state index contributed by atoms with van der Waals surface area (Å²) in [6, 6.07) is 6.22. The molecule has 0 bridgehead atoms. The number of ether oxygens (including phenoxy) is 1. The number of esters is 1. The number of hydrogen-bond donors (Lipinski definition) is 1. The number of hydrazone groups is 1. The minimum atomic E-state index is -0.925. The number of aryl methyl sites for hydroxylation is 1. The molecule has 2 aliphatic heterocycles. The Hall–Kier alpha value is -2.70. The fraction of sp³-hybridized carbons (Fsp3) is 0.286. The molecule has 2 aliphatic rings. The number of methoxy groups -OCH3 is 1. The van der Waals surface area contributed by atoms with Crippen LogP contribution in [0.5, 0.6) is 0 Å². The third kappa shape index (κ3) is 1.89. The quantitative estimate of drug-likeness (QED) is 0.610. The van der Waals surface area contributed by atoms with E-state index in [1.54, 1.807) is 18.2 Å². The van der Waals surface area contributed by atoms with E-state index in [9.17, 15) is 14.4 Å². The summed E-state index contributed by atoms with van der Waals surface area (Å²) >= 11 is 0. The number of hydrogen-bond acceptors (Lipinski definition) is 6. The maximum absolute atomic E-state index is 12.5. The smallest absolute Gasteiger partial charge is 0.355 e. The van der Waals surface area contributed by atoms with E-state index < -0.39 is 29.7 Å². The van der Waals surface area contributed by atoms with Crippen molar-refractivity contribution < 1.29 is 19.1 Å². The highest BCUT2D eigenvalue weighted by Crippen LogP contribution is 2.31. The maximum atomic E-state index is 12.5. The summed E-state index contributed by atoms with van der Waals surface area (Å²) in [5, 5.41) is 3.76. The van der Waals surface area contributed by atoms with Crippen LogP contribution in [0.2, 0.25) is 0 Å². The molecule has 21 heavy (non-hydrogen) atoms. The van der Waals surface area contributed by atoms with Gasteiger partial charge in [0.1, 0.15) is 12.0 Å². The standard InChI is InChI=1S/C14H13N3O4/c1-7-4-3-5-8(6-7)17-12(18)9-10(13(17)19)15-16-11(9)14(20)21-2/h3-6,9-10,15H,1-2H3/t9-,10+/m0/s1. The minimum Gasteiger partial charge on any atom is -0.464 e. The summed E-state index contributed by atoms with van der Waals surface area (Å²) in [5.74, 6) is -2.52. The molecule has 7 nitrogen and oxygen atoms in total. The summed E-state index contributed by atoms with van der Waals surface area (Å²) < 4.78 is 4.59. The van der Waals surface area contributed by atoms with Gasteiger partial charge in [-0.25, -0.2) is 9.69 Å². The summed E-state index contributed by atoms with van der Waals surface area (Å²) in [7, 11) is 1.21. The topological polar surface area (TPSA) is 88.1 Å². The average Bonchev–Trinajstić information content (AvgIpc) is 3.00. The molecule has 1 N–H and O–H groups in total. The van der Waals surface area contributed by atoms with Crippen LogP contribution in [0.25, 0.3) is 0 Å². The molecule has 2 amide bonds. The van der Waals surface area contributed by atoms with Crippen molar-refractivity contribution >= 4 is 29.2 Å². The van der Waals surface area contributed by atoms with Crippen molar-refractivity contribution in [3.63, 3.8) is 0 Å². The summed E-state index contributed by atoms with van der Waals surface area (Å²) in [4.78, 5) is 37.6. The van der Waals surface area contributed by atoms with Gasteiger partial charge in [-0.1, -0.05) is 12.1 Å². The van der Waals surface area contributed by atoms with E-state index in [0.717, 1.165) is 10.5 Å².